The van der Waals surface area contributed by atoms with Gasteiger partial charge in [0.2, 0.25) is 0 Å². The molecule has 192 valence electrons. The molecule has 1 N–H and O–H groups in total. The van der Waals surface area contributed by atoms with Crippen molar-refractivity contribution in [1.29, 1.82) is 0 Å². The lowest BCUT2D eigenvalue weighted by atomic mass is 10.1. The van der Waals surface area contributed by atoms with Gasteiger partial charge in [0, 0.05) is 40.4 Å². The SMILES string of the molecule is CS(=O)(=O)c1cccc(-n2c(-c3ccc(Cl)cc3)nc3c(=O)[nH]c(-c4ccc(-c5cnccn5)cc4)nc32)c1. The highest BCUT2D eigenvalue weighted by molar-refractivity contribution is 7.90. The van der Waals surface area contributed by atoms with Crippen molar-refractivity contribution in [2.75, 3.05) is 6.26 Å². The van der Waals surface area contributed by atoms with Crippen molar-refractivity contribution < 1.29 is 8.42 Å². The summed E-state index contributed by atoms with van der Waals surface area (Å²) in [6.45, 7) is 0. The van der Waals surface area contributed by atoms with E-state index in [9.17, 15) is 13.2 Å². The fraction of sp³-hybridized carbons (Fsp3) is 0.0357. The van der Waals surface area contributed by atoms with E-state index in [0.717, 1.165) is 17.5 Å². The molecule has 0 spiro atoms. The van der Waals surface area contributed by atoms with Crippen LogP contribution in [-0.4, -0.2) is 44.2 Å². The fourth-order valence-electron chi connectivity index (χ4n) is 4.24. The Morgan fingerprint density at radius 2 is 1.59 bits per heavy atom. The molecule has 0 bridgehead atoms. The lowest BCUT2D eigenvalue weighted by Crippen LogP contribution is -2.10. The highest BCUT2D eigenvalue weighted by atomic mass is 35.5. The molecule has 11 heteroatoms. The van der Waals surface area contributed by atoms with Crippen LogP contribution >= 0.6 is 11.6 Å². The van der Waals surface area contributed by atoms with Gasteiger partial charge >= 0.3 is 0 Å². The summed E-state index contributed by atoms with van der Waals surface area (Å²) in [5, 5.41) is 0.545. The minimum absolute atomic E-state index is 0.115. The predicted molar refractivity (Wildman–Crippen MR) is 150 cm³/mol. The van der Waals surface area contributed by atoms with Gasteiger partial charge in [-0.1, -0.05) is 41.9 Å². The first-order chi connectivity index (χ1) is 18.8. The lowest BCUT2D eigenvalue weighted by Gasteiger charge is -2.11. The minimum atomic E-state index is -3.49. The first-order valence-corrected chi connectivity index (χ1v) is 14.0. The Labute approximate surface area is 227 Å². The maximum absolute atomic E-state index is 13.3. The monoisotopic (exact) mass is 554 g/mol. The molecule has 3 aromatic heterocycles. The zero-order valence-corrected chi connectivity index (χ0v) is 22.0. The van der Waals surface area contributed by atoms with Crippen LogP contribution in [0.1, 0.15) is 0 Å². The molecule has 0 aliphatic heterocycles. The zero-order valence-electron chi connectivity index (χ0n) is 20.4. The van der Waals surface area contributed by atoms with E-state index in [-0.39, 0.29) is 16.1 Å². The summed E-state index contributed by atoms with van der Waals surface area (Å²) in [5.74, 6) is 0.752. The number of hydrogen-bond acceptors (Lipinski definition) is 7. The van der Waals surface area contributed by atoms with E-state index in [4.69, 9.17) is 16.6 Å². The van der Waals surface area contributed by atoms with Crippen molar-refractivity contribution in [3.63, 3.8) is 0 Å². The van der Waals surface area contributed by atoms with Crippen LogP contribution in [0.25, 0.3) is 50.9 Å². The number of nitrogens with one attached hydrogen (secondary N) is 1. The molecule has 0 amide bonds. The third-order valence-electron chi connectivity index (χ3n) is 6.14. The molecule has 0 aliphatic carbocycles. The summed E-state index contributed by atoms with van der Waals surface area (Å²) in [5.41, 5.74) is 3.39. The van der Waals surface area contributed by atoms with Crippen LogP contribution in [0.3, 0.4) is 0 Å². The first-order valence-electron chi connectivity index (χ1n) is 11.7. The van der Waals surface area contributed by atoms with Gasteiger partial charge in [-0.3, -0.25) is 19.3 Å². The molecule has 0 radical (unpaired) electrons. The lowest BCUT2D eigenvalue weighted by molar-refractivity contribution is 0.602. The molecule has 0 atom stereocenters. The summed E-state index contributed by atoms with van der Waals surface area (Å²) in [6.07, 6.45) is 6.04. The highest BCUT2D eigenvalue weighted by Crippen LogP contribution is 2.30. The van der Waals surface area contributed by atoms with Crippen LogP contribution in [0.15, 0.2) is 101 Å². The molecular formula is C28H19ClN6O3S. The normalized spacial score (nSPS) is 11.6. The maximum atomic E-state index is 13.3. The van der Waals surface area contributed by atoms with E-state index in [1.807, 2.05) is 24.3 Å². The van der Waals surface area contributed by atoms with E-state index >= 15 is 0 Å². The van der Waals surface area contributed by atoms with E-state index in [1.54, 1.807) is 59.6 Å². The van der Waals surface area contributed by atoms with Crippen LogP contribution < -0.4 is 5.56 Å². The van der Waals surface area contributed by atoms with Crippen molar-refractivity contribution in [1.82, 2.24) is 29.5 Å². The van der Waals surface area contributed by atoms with Gasteiger partial charge < -0.3 is 4.98 Å². The standard InChI is InChI=1S/C28H19ClN6O3S/c1-39(37,38)22-4-2-3-21(15-22)35-26(19-9-11-20(29)12-10-19)32-24-27(35)33-25(34-28(24)36)18-7-5-17(6-8-18)23-16-30-13-14-31-23/h2-16H,1H3,(H,33,34,36). The van der Waals surface area contributed by atoms with Crippen LogP contribution in [0.5, 0.6) is 0 Å². The number of hydrogen-bond donors (Lipinski definition) is 1. The van der Waals surface area contributed by atoms with E-state index in [2.05, 4.69) is 19.9 Å². The van der Waals surface area contributed by atoms with Gasteiger partial charge in [0.15, 0.2) is 21.0 Å². The van der Waals surface area contributed by atoms with Gasteiger partial charge in [-0.15, -0.1) is 0 Å². The highest BCUT2D eigenvalue weighted by Gasteiger charge is 2.20. The van der Waals surface area contributed by atoms with Crippen molar-refractivity contribution in [2.24, 2.45) is 0 Å². The van der Waals surface area contributed by atoms with E-state index in [0.29, 0.717) is 33.5 Å². The predicted octanol–water partition coefficient (Wildman–Crippen LogP) is 4.96. The third-order valence-corrected chi connectivity index (χ3v) is 7.50. The van der Waals surface area contributed by atoms with Gasteiger partial charge in [0.05, 0.1) is 22.5 Å². The Morgan fingerprint density at radius 1 is 0.872 bits per heavy atom. The Balaban J connectivity index is 1.57. The molecule has 6 rings (SSSR count). The molecule has 0 saturated heterocycles. The molecule has 0 aliphatic rings. The molecule has 9 nitrogen and oxygen atoms in total. The Morgan fingerprint density at radius 3 is 2.28 bits per heavy atom. The van der Waals surface area contributed by atoms with Gasteiger partial charge in [-0.25, -0.2) is 18.4 Å². The van der Waals surface area contributed by atoms with Crippen LogP contribution in [0.2, 0.25) is 5.02 Å². The van der Waals surface area contributed by atoms with Gasteiger partial charge in [-0.05, 0) is 42.5 Å². The van der Waals surface area contributed by atoms with Crippen molar-refractivity contribution in [3.05, 3.63) is 107 Å². The number of sulfone groups is 1. The summed E-state index contributed by atoms with van der Waals surface area (Å²) < 4.78 is 26.3. The van der Waals surface area contributed by atoms with Crippen LogP contribution in [0, 0.1) is 0 Å². The van der Waals surface area contributed by atoms with Gasteiger partial charge in [0.1, 0.15) is 11.6 Å². The topological polar surface area (TPSA) is 123 Å². The smallest absolute Gasteiger partial charge is 0.279 e. The quantitative estimate of drug-likeness (QED) is 0.319. The summed E-state index contributed by atoms with van der Waals surface area (Å²) in [7, 11) is -3.49. The number of fused-ring (bicyclic) bond motifs is 1. The third kappa shape index (κ3) is 4.71. The van der Waals surface area contributed by atoms with Crippen LogP contribution in [-0.2, 0) is 9.84 Å². The van der Waals surface area contributed by atoms with Crippen molar-refractivity contribution >= 4 is 32.6 Å². The largest absolute Gasteiger partial charge is 0.305 e. The van der Waals surface area contributed by atoms with E-state index < -0.39 is 15.4 Å². The molecule has 6 aromatic rings. The number of rotatable bonds is 5. The number of aromatic amines is 1. The second-order valence-corrected chi connectivity index (χ2v) is 11.3. The van der Waals surface area contributed by atoms with Crippen LogP contribution in [0.4, 0.5) is 0 Å². The second kappa shape index (κ2) is 9.57. The molecule has 3 aromatic carbocycles. The number of benzene rings is 3. The molecule has 3 heterocycles. The molecule has 0 unspecified atom stereocenters. The average molecular weight is 555 g/mol. The number of imidazole rings is 1. The van der Waals surface area contributed by atoms with Gasteiger partial charge in [-0.2, -0.15) is 0 Å². The first kappa shape index (κ1) is 24.7. The van der Waals surface area contributed by atoms with E-state index in [1.165, 1.54) is 12.1 Å². The molecule has 0 saturated carbocycles. The Hall–Kier alpha value is -4.67. The van der Waals surface area contributed by atoms with Crippen molar-refractivity contribution in [3.8, 4) is 39.7 Å². The van der Waals surface area contributed by atoms with Gasteiger partial charge in [0.25, 0.3) is 5.56 Å². The minimum Gasteiger partial charge on any atom is -0.305 e. The number of nitrogens with zero attached hydrogens (tertiary/aromatic N) is 5. The Kier molecular flexibility index (Phi) is 6.05. The second-order valence-electron chi connectivity index (χ2n) is 8.80. The summed E-state index contributed by atoms with van der Waals surface area (Å²) in [6, 6.07) is 20.8. The zero-order chi connectivity index (χ0) is 27.1. The number of halogens is 1. The summed E-state index contributed by atoms with van der Waals surface area (Å²) >= 11 is 6.10. The fourth-order valence-corrected chi connectivity index (χ4v) is 5.03. The molecule has 0 fully saturated rings. The average Bonchev–Trinajstić information content (AvgIpc) is 3.34. The number of aromatic nitrogens is 6. The number of H-pyrrole nitrogens is 1. The maximum Gasteiger partial charge on any atom is 0.279 e. The molecular weight excluding hydrogens is 536 g/mol. The van der Waals surface area contributed by atoms with Crippen molar-refractivity contribution in [2.45, 2.75) is 4.90 Å². The molecule has 39 heavy (non-hydrogen) atoms. The Bertz CT molecular complexity index is 2000. The summed E-state index contributed by atoms with van der Waals surface area (Å²) in [4.78, 5) is 34.0.